The Balaban J connectivity index is 1.40. The first kappa shape index (κ1) is 14.3. The number of hydrogen-bond donors (Lipinski definition) is 0. The number of nitrogens with zero attached hydrogens (tertiary/aromatic N) is 3. The molecule has 0 aliphatic carbocycles. The highest BCUT2D eigenvalue weighted by Crippen LogP contribution is 2.25. The molecular formula is C13H13BrClN3OS. The van der Waals surface area contributed by atoms with Gasteiger partial charge in [0.05, 0.1) is 19.0 Å². The summed E-state index contributed by atoms with van der Waals surface area (Å²) in [6, 6.07) is 2.18. The molecule has 3 rings (SSSR count). The van der Waals surface area contributed by atoms with E-state index in [1.165, 1.54) is 11.1 Å². The van der Waals surface area contributed by atoms with Crippen molar-refractivity contribution in [2.24, 2.45) is 5.92 Å². The van der Waals surface area contributed by atoms with Gasteiger partial charge in [-0.25, -0.2) is 0 Å². The van der Waals surface area contributed by atoms with Crippen LogP contribution in [0.15, 0.2) is 28.3 Å². The number of hydrogen-bond acceptors (Lipinski definition) is 5. The molecule has 0 radical (unpaired) electrons. The summed E-state index contributed by atoms with van der Waals surface area (Å²) in [5, 5.41) is 2.48. The summed E-state index contributed by atoms with van der Waals surface area (Å²) < 4.78 is 6.77. The summed E-state index contributed by atoms with van der Waals surface area (Å²) in [7, 11) is 0. The average Bonchev–Trinajstić information content (AvgIpc) is 2.78. The smallest absolute Gasteiger partial charge is 0.233 e. The molecule has 1 fully saturated rings. The van der Waals surface area contributed by atoms with E-state index >= 15 is 0 Å². The van der Waals surface area contributed by atoms with Crippen molar-refractivity contribution in [2.45, 2.75) is 6.54 Å². The number of aromatic nitrogens is 2. The molecule has 2 aromatic heterocycles. The van der Waals surface area contributed by atoms with Gasteiger partial charge in [-0.15, -0.1) is 11.3 Å². The molecule has 0 unspecified atom stereocenters. The van der Waals surface area contributed by atoms with E-state index in [0.717, 1.165) is 24.1 Å². The summed E-state index contributed by atoms with van der Waals surface area (Å²) in [5.41, 5.74) is 0. The number of halogens is 2. The van der Waals surface area contributed by atoms with Crippen molar-refractivity contribution in [1.82, 2.24) is 14.9 Å². The van der Waals surface area contributed by atoms with Gasteiger partial charge in [-0.05, 0) is 22.0 Å². The van der Waals surface area contributed by atoms with Gasteiger partial charge in [0.25, 0.3) is 0 Å². The van der Waals surface area contributed by atoms with Crippen molar-refractivity contribution in [3.63, 3.8) is 0 Å². The van der Waals surface area contributed by atoms with Crippen LogP contribution < -0.4 is 4.74 Å². The van der Waals surface area contributed by atoms with Crippen LogP contribution in [0.25, 0.3) is 0 Å². The lowest BCUT2D eigenvalue weighted by molar-refractivity contribution is 0.0551. The zero-order valence-corrected chi connectivity index (χ0v) is 13.8. The van der Waals surface area contributed by atoms with E-state index < -0.39 is 0 Å². The molecule has 0 saturated carbocycles. The van der Waals surface area contributed by atoms with E-state index in [2.05, 4.69) is 42.2 Å². The SMILES string of the molecule is Clc1cncc(OCC2CN(Cc3cc(Br)cs3)C2)n1. The highest BCUT2D eigenvalue weighted by molar-refractivity contribution is 9.10. The minimum Gasteiger partial charge on any atom is -0.476 e. The fourth-order valence-corrected chi connectivity index (χ4v) is 3.80. The summed E-state index contributed by atoms with van der Waals surface area (Å²) in [6.45, 7) is 3.80. The standard InChI is InChI=1S/C13H13BrClN3OS/c14-10-1-11(20-8-10)6-18-4-9(5-18)7-19-13-3-16-2-12(15)17-13/h1-3,8-9H,4-7H2. The summed E-state index contributed by atoms with van der Waals surface area (Å²) in [5.74, 6) is 1.05. The predicted octanol–water partition coefficient (Wildman–Crippen LogP) is 3.46. The first-order chi connectivity index (χ1) is 9.69. The summed E-state index contributed by atoms with van der Waals surface area (Å²) >= 11 is 11.0. The Morgan fingerprint density at radius 1 is 1.45 bits per heavy atom. The van der Waals surface area contributed by atoms with Crippen molar-refractivity contribution in [2.75, 3.05) is 19.7 Å². The third-order valence-electron chi connectivity index (χ3n) is 3.08. The van der Waals surface area contributed by atoms with E-state index in [-0.39, 0.29) is 0 Å². The van der Waals surface area contributed by atoms with Crippen LogP contribution in [-0.4, -0.2) is 34.6 Å². The van der Waals surface area contributed by atoms with Crippen molar-refractivity contribution in [3.8, 4) is 5.88 Å². The topological polar surface area (TPSA) is 38.2 Å². The molecule has 1 saturated heterocycles. The molecule has 7 heteroatoms. The normalized spacial score (nSPS) is 16.1. The minimum absolute atomic E-state index is 0.362. The van der Waals surface area contributed by atoms with Crippen molar-refractivity contribution in [1.29, 1.82) is 0 Å². The minimum atomic E-state index is 0.362. The lowest BCUT2D eigenvalue weighted by atomic mass is 10.0. The maximum Gasteiger partial charge on any atom is 0.233 e. The van der Waals surface area contributed by atoms with E-state index in [1.807, 2.05) is 0 Å². The van der Waals surface area contributed by atoms with Crippen LogP contribution in [0, 0.1) is 5.92 Å². The molecule has 106 valence electrons. The van der Waals surface area contributed by atoms with Crippen LogP contribution in [0.5, 0.6) is 5.88 Å². The highest BCUT2D eigenvalue weighted by Gasteiger charge is 2.27. The van der Waals surface area contributed by atoms with Crippen molar-refractivity contribution < 1.29 is 4.74 Å². The summed E-state index contributed by atoms with van der Waals surface area (Å²) in [4.78, 5) is 11.8. The van der Waals surface area contributed by atoms with Gasteiger partial charge in [-0.3, -0.25) is 9.88 Å². The Labute approximate surface area is 134 Å². The lowest BCUT2D eigenvalue weighted by Gasteiger charge is -2.38. The highest BCUT2D eigenvalue weighted by atomic mass is 79.9. The molecular weight excluding hydrogens is 362 g/mol. The van der Waals surface area contributed by atoms with Crippen LogP contribution in [0.2, 0.25) is 5.15 Å². The quantitative estimate of drug-likeness (QED) is 0.803. The fraction of sp³-hybridized carbons (Fsp3) is 0.385. The zero-order valence-electron chi connectivity index (χ0n) is 10.6. The van der Waals surface area contributed by atoms with Gasteiger partial charge in [-0.2, -0.15) is 4.98 Å². The zero-order chi connectivity index (χ0) is 13.9. The van der Waals surface area contributed by atoms with Crippen LogP contribution in [0.4, 0.5) is 0 Å². The van der Waals surface area contributed by atoms with E-state index in [0.29, 0.717) is 23.6 Å². The average molecular weight is 375 g/mol. The largest absolute Gasteiger partial charge is 0.476 e. The molecule has 0 N–H and O–H groups in total. The van der Waals surface area contributed by atoms with Gasteiger partial charge in [-0.1, -0.05) is 11.6 Å². The molecule has 0 atom stereocenters. The Kier molecular flexibility index (Phi) is 4.55. The first-order valence-corrected chi connectivity index (χ1v) is 8.30. The van der Waals surface area contributed by atoms with Crippen LogP contribution in [0.1, 0.15) is 4.88 Å². The van der Waals surface area contributed by atoms with Gasteiger partial charge in [0.2, 0.25) is 5.88 Å². The van der Waals surface area contributed by atoms with Crippen molar-refractivity contribution >= 4 is 38.9 Å². The molecule has 0 bridgehead atoms. The summed E-state index contributed by atoms with van der Waals surface area (Å²) in [6.07, 6.45) is 3.09. The third-order valence-corrected chi connectivity index (χ3v) is 4.95. The van der Waals surface area contributed by atoms with Gasteiger partial charge >= 0.3 is 0 Å². The second kappa shape index (κ2) is 6.39. The monoisotopic (exact) mass is 373 g/mol. The predicted molar refractivity (Wildman–Crippen MR) is 83.3 cm³/mol. The molecule has 3 heterocycles. The maximum atomic E-state index is 5.76. The van der Waals surface area contributed by atoms with Crippen LogP contribution in [0.3, 0.4) is 0 Å². The van der Waals surface area contributed by atoms with Gasteiger partial charge in [0, 0.05) is 40.3 Å². The molecule has 1 aliphatic rings. The number of thiophene rings is 1. The van der Waals surface area contributed by atoms with Gasteiger partial charge in [0.15, 0.2) is 5.15 Å². The Bertz CT molecular complexity index is 589. The van der Waals surface area contributed by atoms with E-state index in [9.17, 15) is 0 Å². The number of ether oxygens (including phenoxy) is 1. The molecule has 0 aromatic carbocycles. The van der Waals surface area contributed by atoms with Gasteiger partial charge in [0.1, 0.15) is 0 Å². The first-order valence-electron chi connectivity index (χ1n) is 6.24. The fourth-order valence-electron chi connectivity index (χ4n) is 2.17. The van der Waals surface area contributed by atoms with Crippen molar-refractivity contribution in [3.05, 3.63) is 38.3 Å². The number of rotatable bonds is 5. The van der Waals surface area contributed by atoms with Gasteiger partial charge < -0.3 is 4.74 Å². The Hall–Kier alpha value is -0.690. The Morgan fingerprint density at radius 2 is 2.30 bits per heavy atom. The van der Waals surface area contributed by atoms with Crippen LogP contribution >= 0.6 is 38.9 Å². The molecule has 20 heavy (non-hydrogen) atoms. The molecule has 2 aromatic rings. The maximum absolute atomic E-state index is 5.76. The second-order valence-electron chi connectivity index (χ2n) is 4.78. The molecule has 0 spiro atoms. The molecule has 0 amide bonds. The molecule has 4 nitrogen and oxygen atoms in total. The third kappa shape index (κ3) is 3.69. The lowest BCUT2D eigenvalue weighted by Crippen LogP contribution is -2.48. The Morgan fingerprint density at radius 3 is 3.00 bits per heavy atom. The number of likely N-dealkylation sites (tertiary alicyclic amines) is 1. The molecule has 1 aliphatic heterocycles. The second-order valence-corrected chi connectivity index (χ2v) is 7.08. The van der Waals surface area contributed by atoms with E-state index in [4.69, 9.17) is 16.3 Å². The van der Waals surface area contributed by atoms with E-state index in [1.54, 1.807) is 17.5 Å². The van der Waals surface area contributed by atoms with Crippen LogP contribution in [-0.2, 0) is 6.54 Å².